The van der Waals surface area contributed by atoms with Crippen LogP contribution < -0.4 is 4.57 Å². The summed E-state index contributed by atoms with van der Waals surface area (Å²) in [6.45, 7) is 8.97. The number of aromatic nitrogens is 1. The second-order valence-corrected chi connectivity index (χ2v) is 5.22. The molecule has 0 fully saturated rings. The minimum Gasteiger partial charge on any atom is -0.196 e. The van der Waals surface area contributed by atoms with Gasteiger partial charge in [-0.25, -0.2) is 0 Å². The smallest absolute Gasteiger partial charge is 0.196 e. The highest BCUT2D eigenvalue weighted by molar-refractivity contribution is 5.64. The highest BCUT2D eigenvalue weighted by Crippen LogP contribution is 2.25. The van der Waals surface area contributed by atoms with Gasteiger partial charge in [0.05, 0.1) is 0 Å². The van der Waals surface area contributed by atoms with E-state index in [1.807, 2.05) is 0 Å². The van der Waals surface area contributed by atoms with Crippen LogP contribution in [0.2, 0.25) is 0 Å². The molecule has 0 radical (unpaired) electrons. The molecule has 100 valence electrons. The summed E-state index contributed by atoms with van der Waals surface area (Å²) in [7, 11) is 0. The lowest BCUT2D eigenvalue weighted by atomic mass is 9.98. The second-order valence-electron chi connectivity index (χ2n) is 5.22. The van der Waals surface area contributed by atoms with E-state index in [-0.39, 0.29) is 0 Å². The summed E-state index contributed by atoms with van der Waals surface area (Å²) < 4.78 is 2.42. The van der Waals surface area contributed by atoms with Crippen LogP contribution in [0.3, 0.4) is 0 Å². The summed E-state index contributed by atoms with van der Waals surface area (Å²) in [6.07, 6.45) is 4.43. The van der Waals surface area contributed by atoms with Crippen LogP contribution in [-0.4, -0.2) is 0 Å². The third-order valence-corrected chi connectivity index (χ3v) is 3.94. The lowest BCUT2D eigenvalue weighted by Crippen LogP contribution is -2.40. The number of pyridine rings is 1. The van der Waals surface area contributed by atoms with Gasteiger partial charge in [-0.1, -0.05) is 32.0 Å². The van der Waals surface area contributed by atoms with Crippen molar-refractivity contribution < 1.29 is 4.57 Å². The van der Waals surface area contributed by atoms with Gasteiger partial charge in [-0.05, 0) is 38.0 Å². The van der Waals surface area contributed by atoms with Crippen molar-refractivity contribution in [3.8, 4) is 11.3 Å². The Morgan fingerprint density at radius 3 is 2.47 bits per heavy atom. The van der Waals surface area contributed by atoms with Crippen molar-refractivity contribution in [2.75, 3.05) is 0 Å². The van der Waals surface area contributed by atoms with E-state index in [1.54, 1.807) is 0 Å². The first-order chi connectivity index (χ1) is 9.19. The first-order valence-electron chi connectivity index (χ1n) is 7.28. The van der Waals surface area contributed by atoms with E-state index in [9.17, 15) is 0 Å². The van der Waals surface area contributed by atoms with Gasteiger partial charge < -0.3 is 0 Å². The monoisotopic (exact) mass is 254 g/mol. The van der Waals surface area contributed by atoms with Crippen LogP contribution in [0.25, 0.3) is 11.3 Å². The van der Waals surface area contributed by atoms with Gasteiger partial charge in [-0.15, -0.1) is 0 Å². The molecule has 2 rings (SSSR count). The number of hydrogen-bond acceptors (Lipinski definition) is 0. The fraction of sp³-hybridized carbons (Fsp3) is 0.389. The van der Waals surface area contributed by atoms with Crippen LogP contribution in [-0.2, 0) is 6.42 Å². The first-order valence-corrected chi connectivity index (χ1v) is 7.28. The predicted octanol–water partition coefficient (Wildman–Crippen LogP) is 4.48. The standard InChI is InChI=1S/C18H24N/c1-5-15(4)19-13-9-10-14(3)18(19)17-12-8-7-11-16(17)6-2/h7-13,15H,5-6H2,1-4H3/q+1. The summed E-state index contributed by atoms with van der Waals surface area (Å²) >= 11 is 0. The highest BCUT2D eigenvalue weighted by Gasteiger charge is 2.21. The van der Waals surface area contributed by atoms with Crippen LogP contribution in [0, 0.1) is 6.92 Å². The molecule has 19 heavy (non-hydrogen) atoms. The van der Waals surface area contributed by atoms with Gasteiger partial charge in [0.15, 0.2) is 12.2 Å². The largest absolute Gasteiger partial charge is 0.215 e. The van der Waals surface area contributed by atoms with E-state index >= 15 is 0 Å². The van der Waals surface area contributed by atoms with Gasteiger partial charge in [0, 0.05) is 23.6 Å². The number of hydrogen-bond donors (Lipinski definition) is 0. The van der Waals surface area contributed by atoms with Gasteiger partial charge in [-0.2, -0.15) is 4.57 Å². The van der Waals surface area contributed by atoms with Gasteiger partial charge in [0.2, 0.25) is 5.69 Å². The molecular weight excluding hydrogens is 230 g/mol. The normalized spacial score (nSPS) is 12.4. The molecule has 1 aromatic heterocycles. The molecule has 1 heteroatoms. The molecule has 1 atom stereocenters. The number of nitrogens with zero attached hydrogens (tertiary/aromatic N) is 1. The molecular formula is C18H24N+. The van der Waals surface area contributed by atoms with E-state index in [0.29, 0.717) is 6.04 Å². The van der Waals surface area contributed by atoms with Gasteiger partial charge in [0.25, 0.3) is 0 Å². The fourth-order valence-corrected chi connectivity index (χ4v) is 2.61. The molecule has 0 saturated carbocycles. The summed E-state index contributed by atoms with van der Waals surface area (Å²) in [5, 5.41) is 0. The zero-order valence-corrected chi connectivity index (χ0v) is 12.5. The third kappa shape index (κ3) is 2.70. The van der Waals surface area contributed by atoms with Crippen molar-refractivity contribution in [3.63, 3.8) is 0 Å². The molecule has 0 bridgehead atoms. The maximum absolute atomic E-state index is 2.42. The van der Waals surface area contributed by atoms with Gasteiger partial charge >= 0.3 is 0 Å². The average molecular weight is 254 g/mol. The van der Waals surface area contributed by atoms with Crippen LogP contribution in [0.4, 0.5) is 0 Å². The quantitative estimate of drug-likeness (QED) is 0.708. The lowest BCUT2D eigenvalue weighted by molar-refractivity contribution is -0.709. The minimum atomic E-state index is 0.528. The van der Waals surface area contributed by atoms with Crippen molar-refractivity contribution in [3.05, 3.63) is 53.7 Å². The third-order valence-electron chi connectivity index (χ3n) is 3.94. The number of rotatable bonds is 4. The Hall–Kier alpha value is -1.63. The van der Waals surface area contributed by atoms with E-state index in [4.69, 9.17) is 0 Å². The molecule has 0 amide bonds. The molecule has 0 aliphatic carbocycles. The van der Waals surface area contributed by atoms with Crippen molar-refractivity contribution in [1.29, 1.82) is 0 Å². The molecule has 1 unspecified atom stereocenters. The molecule has 0 saturated heterocycles. The van der Waals surface area contributed by atoms with Crippen molar-refractivity contribution in [2.24, 2.45) is 0 Å². The highest BCUT2D eigenvalue weighted by atomic mass is 15.0. The zero-order valence-electron chi connectivity index (χ0n) is 12.5. The lowest BCUT2D eigenvalue weighted by Gasteiger charge is -2.13. The van der Waals surface area contributed by atoms with Crippen LogP contribution >= 0.6 is 0 Å². The molecule has 1 nitrogen and oxygen atoms in total. The Morgan fingerprint density at radius 2 is 1.79 bits per heavy atom. The molecule has 0 aliphatic rings. The van der Waals surface area contributed by atoms with Crippen LogP contribution in [0.15, 0.2) is 42.6 Å². The topological polar surface area (TPSA) is 3.88 Å². The van der Waals surface area contributed by atoms with Gasteiger partial charge in [-0.3, -0.25) is 0 Å². The Morgan fingerprint density at radius 1 is 1.05 bits per heavy atom. The van der Waals surface area contributed by atoms with Crippen molar-refractivity contribution in [2.45, 2.75) is 46.6 Å². The molecule has 2 aromatic rings. The fourth-order valence-electron chi connectivity index (χ4n) is 2.61. The zero-order chi connectivity index (χ0) is 13.8. The Bertz CT molecular complexity index is 557. The van der Waals surface area contributed by atoms with E-state index in [2.05, 4.69) is 74.9 Å². The molecule has 1 aromatic carbocycles. The molecule has 0 aliphatic heterocycles. The Balaban J connectivity index is 2.67. The predicted molar refractivity (Wildman–Crippen MR) is 81.2 cm³/mol. The SMILES string of the molecule is CCc1ccccc1-c1c(C)ccc[n+]1C(C)CC. The average Bonchev–Trinajstić information content (AvgIpc) is 2.46. The minimum absolute atomic E-state index is 0.528. The van der Waals surface area contributed by atoms with Crippen LogP contribution in [0.5, 0.6) is 0 Å². The second kappa shape index (κ2) is 6.01. The molecule has 0 spiro atoms. The summed E-state index contributed by atoms with van der Waals surface area (Å²) in [4.78, 5) is 0. The van der Waals surface area contributed by atoms with Crippen LogP contribution in [0.1, 0.15) is 44.4 Å². The van der Waals surface area contributed by atoms with Crippen molar-refractivity contribution >= 4 is 0 Å². The Kier molecular flexibility index (Phi) is 4.36. The maximum Gasteiger partial charge on any atom is 0.215 e. The molecule has 0 N–H and O–H groups in total. The van der Waals surface area contributed by atoms with Crippen molar-refractivity contribution in [1.82, 2.24) is 0 Å². The van der Waals surface area contributed by atoms with E-state index in [1.165, 1.54) is 22.4 Å². The first kappa shape index (κ1) is 13.8. The summed E-state index contributed by atoms with van der Waals surface area (Å²) in [5.74, 6) is 0. The van der Waals surface area contributed by atoms with E-state index in [0.717, 1.165) is 12.8 Å². The molecule has 1 heterocycles. The van der Waals surface area contributed by atoms with Gasteiger partial charge in [0.1, 0.15) is 0 Å². The summed E-state index contributed by atoms with van der Waals surface area (Å²) in [5.41, 5.74) is 5.52. The van der Waals surface area contributed by atoms with E-state index < -0.39 is 0 Å². The maximum atomic E-state index is 2.42. The number of aryl methyl sites for hydroxylation is 2. The number of benzene rings is 1. The summed E-state index contributed by atoms with van der Waals surface area (Å²) in [6, 6.07) is 13.7. The Labute approximate surface area is 116 Å².